The van der Waals surface area contributed by atoms with E-state index in [2.05, 4.69) is 4.74 Å². The van der Waals surface area contributed by atoms with Gasteiger partial charge in [0.25, 0.3) is 0 Å². The molecule has 0 amide bonds. The molecular formula is C17H27NO7. The van der Waals surface area contributed by atoms with E-state index in [1.807, 2.05) is 20.8 Å². The lowest BCUT2D eigenvalue weighted by molar-refractivity contribution is -0.195. The molecular weight excluding hydrogens is 330 g/mol. The Morgan fingerprint density at radius 2 is 1.64 bits per heavy atom. The third kappa shape index (κ3) is 13.9. The Bertz CT molecular complexity index is 506. The van der Waals surface area contributed by atoms with Gasteiger partial charge in [0.05, 0.1) is 0 Å². The highest BCUT2D eigenvalue weighted by Crippen LogP contribution is 2.15. The van der Waals surface area contributed by atoms with Gasteiger partial charge in [0.2, 0.25) is 0 Å². The van der Waals surface area contributed by atoms with E-state index < -0.39 is 23.9 Å². The maximum atomic E-state index is 11.8. The second-order valence-electron chi connectivity index (χ2n) is 6.72. The predicted octanol–water partition coefficient (Wildman–Crippen LogP) is 2.08. The normalized spacial score (nSPS) is 11.6. The Morgan fingerprint density at radius 3 is 2.16 bits per heavy atom. The first kappa shape index (κ1) is 22.8. The molecule has 0 saturated heterocycles. The number of ether oxygens (including phenoxy) is 1. The van der Waals surface area contributed by atoms with Gasteiger partial charge in [0.1, 0.15) is 6.54 Å². The quantitative estimate of drug-likeness (QED) is 0.208. The maximum absolute atomic E-state index is 11.8. The van der Waals surface area contributed by atoms with E-state index in [0.29, 0.717) is 12.8 Å². The Hall–Kier alpha value is -2.22. The molecule has 0 aliphatic rings. The van der Waals surface area contributed by atoms with Gasteiger partial charge in [-0.25, -0.2) is 4.79 Å². The maximum Gasteiger partial charge on any atom is 0.349 e. The summed E-state index contributed by atoms with van der Waals surface area (Å²) in [4.78, 5) is 50.4. The molecule has 142 valence electrons. The van der Waals surface area contributed by atoms with Crippen LogP contribution in [0.25, 0.3) is 0 Å². The SMILES string of the molecule is CC=CC(=O)ON(CC(=O)OC(=O)CCCCC(=O)O)CC(C)(C)C. The van der Waals surface area contributed by atoms with Crippen molar-refractivity contribution in [2.24, 2.45) is 5.41 Å². The molecule has 0 atom stereocenters. The zero-order chi connectivity index (χ0) is 19.5. The van der Waals surface area contributed by atoms with Crippen LogP contribution in [0.3, 0.4) is 0 Å². The van der Waals surface area contributed by atoms with Crippen molar-refractivity contribution in [1.82, 2.24) is 5.06 Å². The first-order chi connectivity index (χ1) is 11.5. The minimum Gasteiger partial charge on any atom is -0.481 e. The number of hydrogen-bond acceptors (Lipinski definition) is 7. The van der Waals surface area contributed by atoms with Crippen LogP contribution in [0.5, 0.6) is 0 Å². The average Bonchev–Trinajstić information content (AvgIpc) is 2.41. The fourth-order valence-corrected chi connectivity index (χ4v) is 1.84. The topological polar surface area (TPSA) is 110 Å². The largest absolute Gasteiger partial charge is 0.481 e. The molecule has 0 spiro atoms. The second-order valence-corrected chi connectivity index (χ2v) is 6.72. The number of esters is 2. The molecule has 0 rings (SSSR count). The molecule has 1 N–H and O–H groups in total. The minimum absolute atomic E-state index is 0.0402. The van der Waals surface area contributed by atoms with Gasteiger partial charge < -0.3 is 14.7 Å². The summed E-state index contributed by atoms with van der Waals surface area (Å²) < 4.78 is 4.67. The van der Waals surface area contributed by atoms with E-state index in [0.717, 1.165) is 5.06 Å². The smallest absolute Gasteiger partial charge is 0.349 e. The van der Waals surface area contributed by atoms with Crippen molar-refractivity contribution in [3.8, 4) is 0 Å². The number of unbranched alkanes of at least 4 members (excludes halogenated alkanes) is 1. The van der Waals surface area contributed by atoms with Gasteiger partial charge in [-0.15, -0.1) is 5.06 Å². The molecule has 8 nitrogen and oxygen atoms in total. The van der Waals surface area contributed by atoms with Crippen LogP contribution in [0.15, 0.2) is 12.2 Å². The fraction of sp³-hybridized carbons (Fsp3) is 0.647. The molecule has 0 aromatic rings. The van der Waals surface area contributed by atoms with Crippen molar-refractivity contribution in [2.45, 2.75) is 53.4 Å². The number of rotatable bonds is 10. The average molecular weight is 357 g/mol. The van der Waals surface area contributed by atoms with Gasteiger partial charge in [-0.1, -0.05) is 26.8 Å². The number of allylic oxidation sites excluding steroid dienone is 1. The molecule has 0 saturated carbocycles. The Labute approximate surface area is 147 Å². The number of hydroxylamine groups is 2. The summed E-state index contributed by atoms with van der Waals surface area (Å²) in [6, 6.07) is 0. The third-order valence-electron chi connectivity index (χ3n) is 2.73. The first-order valence-electron chi connectivity index (χ1n) is 8.08. The lowest BCUT2D eigenvalue weighted by Gasteiger charge is -2.27. The fourth-order valence-electron chi connectivity index (χ4n) is 1.84. The standard InChI is InChI=1S/C17H27NO7/c1-5-8-15(22)25-18(12-17(2,3)4)11-16(23)24-14(21)10-7-6-9-13(19)20/h5,8H,6-7,9-12H2,1-4H3,(H,19,20). The van der Waals surface area contributed by atoms with Crippen molar-refractivity contribution >= 4 is 23.9 Å². The van der Waals surface area contributed by atoms with Crippen molar-refractivity contribution in [3.05, 3.63) is 12.2 Å². The number of hydrogen-bond donors (Lipinski definition) is 1. The van der Waals surface area contributed by atoms with Gasteiger partial charge in [-0.2, -0.15) is 0 Å². The highest BCUT2D eigenvalue weighted by molar-refractivity contribution is 5.86. The summed E-state index contributed by atoms with van der Waals surface area (Å²) in [5, 5.41) is 9.66. The summed E-state index contributed by atoms with van der Waals surface area (Å²) >= 11 is 0. The molecule has 0 aromatic heterocycles. The van der Waals surface area contributed by atoms with Crippen LogP contribution in [0.4, 0.5) is 0 Å². The predicted molar refractivity (Wildman–Crippen MR) is 89.1 cm³/mol. The highest BCUT2D eigenvalue weighted by atomic mass is 16.7. The summed E-state index contributed by atoms with van der Waals surface area (Å²) in [6.07, 6.45) is 3.29. The van der Waals surface area contributed by atoms with Crippen molar-refractivity contribution in [1.29, 1.82) is 0 Å². The number of aliphatic carboxylic acids is 1. The third-order valence-corrected chi connectivity index (χ3v) is 2.73. The van der Waals surface area contributed by atoms with E-state index in [1.165, 1.54) is 12.2 Å². The number of carboxylic acid groups (broad SMARTS) is 1. The van der Waals surface area contributed by atoms with Crippen molar-refractivity contribution in [2.75, 3.05) is 13.1 Å². The molecule has 0 fully saturated rings. The van der Waals surface area contributed by atoms with E-state index in [9.17, 15) is 19.2 Å². The molecule has 8 heteroatoms. The number of nitrogens with zero attached hydrogens (tertiary/aromatic N) is 1. The highest BCUT2D eigenvalue weighted by Gasteiger charge is 2.23. The molecule has 0 unspecified atom stereocenters. The summed E-state index contributed by atoms with van der Waals surface area (Å²) in [5.74, 6) is -3.13. The van der Waals surface area contributed by atoms with Gasteiger partial charge >= 0.3 is 23.9 Å². The molecule has 0 aliphatic carbocycles. The van der Waals surface area contributed by atoms with Crippen LogP contribution in [0.2, 0.25) is 0 Å². The number of carbonyl (C=O) groups is 4. The van der Waals surface area contributed by atoms with E-state index in [1.54, 1.807) is 6.92 Å². The summed E-state index contributed by atoms with van der Waals surface area (Å²) in [5.41, 5.74) is -0.253. The van der Waals surface area contributed by atoms with Crippen molar-refractivity contribution < 1.29 is 33.9 Å². The van der Waals surface area contributed by atoms with E-state index >= 15 is 0 Å². The first-order valence-corrected chi connectivity index (χ1v) is 8.08. The monoisotopic (exact) mass is 357 g/mol. The molecule has 0 aromatic carbocycles. The summed E-state index contributed by atoms with van der Waals surface area (Å²) in [7, 11) is 0. The molecule has 0 heterocycles. The lowest BCUT2D eigenvalue weighted by atomic mass is 9.97. The van der Waals surface area contributed by atoms with Gasteiger partial charge in [0.15, 0.2) is 0 Å². The Balaban J connectivity index is 4.46. The molecule has 0 aliphatic heterocycles. The van der Waals surface area contributed by atoms with Crippen LogP contribution in [0, 0.1) is 5.41 Å². The molecule has 0 radical (unpaired) electrons. The second kappa shape index (κ2) is 11.4. The number of carbonyl (C=O) groups excluding carboxylic acids is 3. The van der Waals surface area contributed by atoms with Crippen LogP contribution in [-0.2, 0) is 28.8 Å². The van der Waals surface area contributed by atoms with Crippen LogP contribution in [-0.4, -0.2) is 47.1 Å². The minimum atomic E-state index is -0.940. The molecule has 25 heavy (non-hydrogen) atoms. The van der Waals surface area contributed by atoms with Gasteiger partial charge in [0, 0.05) is 25.5 Å². The lowest BCUT2D eigenvalue weighted by Crippen LogP contribution is -2.39. The van der Waals surface area contributed by atoms with Crippen LogP contribution >= 0.6 is 0 Å². The Morgan fingerprint density at radius 1 is 1.04 bits per heavy atom. The number of carboxylic acids is 1. The zero-order valence-electron chi connectivity index (χ0n) is 15.2. The van der Waals surface area contributed by atoms with Crippen molar-refractivity contribution in [3.63, 3.8) is 0 Å². The van der Waals surface area contributed by atoms with E-state index in [-0.39, 0.29) is 31.3 Å². The van der Waals surface area contributed by atoms with Gasteiger partial charge in [-0.05, 0) is 25.2 Å². The zero-order valence-corrected chi connectivity index (χ0v) is 15.2. The van der Waals surface area contributed by atoms with Gasteiger partial charge in [-0.3, -0.25) is 14.4 Å². The van der Waals surface area contributed by atoms with Crippen LogP contribution < -0.4 is 0 Å². The Kier molecular flexibility index (Phi) is 10.3. The van der Waals surface area contributed by atoms with E-state index in [4.69, 9.17) is 9.94 Å². The molecule has 0 bridgehead atoms. The summed E-state index contributed by atoms with van der Waals surface area (Å²) in [6.45, 7) is 7.28. The van der Waals surface area contributed by atoms with Crippen LogP contribution in [0.1, 0.15) is 53.4 Å².